The summed E-state index contributed by atoms with van der Waals surface area (Å²) >= 11 is 0. The number of halogens is 1. The van der Waals surface area contributed by atoms with Crippen LogP contribution in [0.4, 0.5) is 4.39 Å². The molecule has 2 heterocycles. The van der Waals surface area contributed by atoms with E-state index in [0.717, 1.165) is 18.4 Å². The van der Waals surface area contributed by atoms with E-state index in [1.807, 2.05) is 13.8 Å². The molecule has 2 atom stereocenters. The third-order valence-electron chi connectivity index (χ3n) is 7.05. The lowest BCUT2D eigenvalue weighted by Gasteiger charge is -2.25. The van der Waals surface area contributed by atoms with Crippen LogP contribution >= 0.6 is 0 Å². The lowest BCUT2D eigenvalue weighted by molar-refractivity contribution is -0.122. The topological polar surface area (TPSA) is 181 Å². The van der Waals surface area contributed by atoms with Crippen molar-refractivity contribution in [2.45, 2.75) is 61.4 Å². The van der Waals surface area contributed by atoms with Gasteiger partial charge >= 0.3 is 0 Å². The highest BCUT2D eigenvalue weighted by molar-refractivity contribution is 7.91. The number of nitrogens with two attached hydrogens (primary N) is 1. The lowest BCUT2D eigenvalue weighted by Crippen LogP contribution is -2.47. The van der Waals surface area contributed by atoms with Gasteiger partial charge in [0.05, 0.1) is 23.0 Å². The normalized spacial score (nSPS) is 19.3. The highest BCUT2D eigenvalue weighted by Crippen LogP contribution is 2.37. The van der Waals surface area contributed by atoms with Crippen molar-refractivity contribution in [3.8, 4) is 17.1 Å². The number of hydrogen-bond acceptors (Lipinski definition) is 11. The Labute approximate surface area is 243 Å². The van der Waals surface area contributed by atoms with E-state index in [4.69, 9.17) is 19.7 Å². The molecule has 1 aliphatic rings. The van der Waals surface area contributed by atoms with Crippen LogP contribution in [-0.4, -0.2) is 64.5 Å². The molecule has 42 heavy (non-hydrogen) atoms. The van der Waals surface area contributed by atoms with Gasteiger partial charge in [-0.2, -0.15) is 9.71 Å². The Morgan fingerprint density at radius 3 is 2.38 bits per heavy atom. The minimum absolute atomic E-state index is 0.0212. The second-order valence-corrected chi connectivity index (χ2v) is 15.5. The summed E-state index contributed by atoms with van der Waals surface area (Å²) in [4.78, 5) is 17.0. The number of fused-ring (bicyclic) bond motifs is 1. The van der Waals surface area contributed by atoms with Crippen molar-refractivity contribution in [3.05, 3.63) is 59.2 Å². The Kier molecular flexibility index (Phi) is 8.39. The summed E-state index contributed by atoms with van der Waals surface area (Å²) in [7, 11) is -6.51. The van der Waals surface area contributed by atoms with Crippen LogP contribution in [-0.2, 0) is 40.6 Å². The van der Waals surface area contributed by atoms with Gasteiger partial charge in [0.15, 0.2) is 15.6 Å². The number of nitrogens with one attached hydrogen (secondary N) is 1. The van der Waals surface area contributed by atoms with E-state index in [-0.39, 0.29) is 29.3 Å². The van der Waals surface area contributed by atoms with Crippen LogP contribution < -0.4 is 15.2 Å². The summed E-state index contributed by atoms with van der Waals surface area (Å²) in [6.45, 7) is 6.80. The lowest BCUT2D eigenvalue weighted by atomic mass is 9.86. The monoisotopic (exact) mass is 624 g/mol. The molecule has 0 saturated heterocycles. The number of nitrogens with zero attached hydrogens (tertiary/aromatic N) is 2. The second kappa shape index (κ2) is 11.1. The van der Waals surface area contributed by atoms with E-state index in [9.17, 15) is 21.6 Å². The Balaban J connectivity index is 1.78. The number of rotatable bonds is 9. The number of methoxy groups -OCH3 is 1. The maximum Gasteiger partial charge on any atom is 0.247 e. The van der Waals surface area contributed by atoms with Gasteiger partial charge in [-0.05, 0) is 69.5 Å². The van der Waals surface area contributed by atoms with Gasteiger partial charge < -0.3 is 19.7 Å². The maximum atomic E-state index is 15.4. The van der Waals surface area contributed by atoms with Gasteiger partial charge in [0.2, 0.25) is 21.7 Å². The van der Waals surface area contributed by atoms with Crippen molar-refractivity contribution in [2.24, 2.45) is 5.73 Å². The fourth-order valence-corrected chi connectivity index (χ4v) is 6.23. The molecule has 3 aromatic rings. The average Bonchev–Trinajstić information content (AvgIpc) is 3.35. The highest BCUT2D eigenvalue weighted by Gasteiger charge is 2.41. The Morgan fingerprint density at radius 1 is 1.14 bits per heavy atom. The minimum atomic E-state index is -4.39. The van der Waals surface area contributed by atoms with Gasteiger partial charge in [-0.1, -0.05) is 17.3 Å². The van der Waals surface area contributed by atoms with Crippen molar-refractivity contribution >= 4 is 25.6 Å². The molecule has 1 aromatic heterocycles. The Bertz CT molecular complexity index is 1720. The van der Waals surface area contributed by atoms with Crippen molar-refractivity contribution in [2.75, 3.05) is 20.0 Å². The molecule has 1 unspecified atom stereocenters. The first-order valence-electron chi connectivity index (χ1n) is 12.8. The Hall–Kier alpha value is -3.24. The largest absolute Gasteiger partial charge is 0.485 e. The van der Waals surface area contributed by atoms with Crippen molar-refractivity contribution in [1.82, 2.24) is 14.9 Å². The molecule has 0 radical (unpaired) electrons. The van der Waals surface area contributed by atoms with E-state index >= 15 is 4.39 Å². The maximum absolute atomic E-state index is 15.4. The summed E-state index contributed by atoms with van der Waals surface area (Å²) in [5.41, 5.74) is 5.68. The van der Waals surface area contributed by atoms with Crippen LogP contribution in [0.3, 0.4) is 0 Å². The van der Waals surface area contributed by atoms with E-state index in [1.54, 1.807) is 31.4 Å². The molecule has 0 saturated carbocycles. The predicted octanol–water partition coefficient (Wildman–Crippen LogP) is 2.43. The summed E-state index contributed by atoms with van der Waals surface area (Å²) in [5.74, 6) is -2.80. The zero-order valence-corrected chi connectivity index (χ0v) is 25.6. The van der Waals surface area contributed by atoms with Gasteiger partial charge in [-0.15, -0.1) is 0 Å². The third kappa shape index (κ3) is 6.24. The van der Waals surface area contributed by atoms with Crippen molar-refractivity contribution in [1.29, 1.82) is 0 Å². The molecule has 2 aromatic carbocycles. The van der Waals surface area contributed by atoms with Crippen molar-refractivity contribution in [3.63, 3.8) is 0 Å². The number of Topliss-reactive ketones (excluding diaryl/α,β-unsaturated/α-hetero) is 1. The predicted molar refractivity (Wildman–Crippen MR) is 150 cm³/mol. The number of carbonyl (C=O) groups excluding carboxylic acids is 1. The number of ketones is 1. The first-order valence-corrected chi connectivity index (χ1v) is 16.2. The molecule has 0 spiro atoms. The number of benzene rings is 2. The quantitative estimate of drug-likeness (QED) is 0.357. The van der Waals surface area contributed by atoms with Crippen LogP contribution in [0.25, 0.3) is 11.4 Å². The molecule has 12 nitrogen and oxygen atoms in total. The first kappa shape index (κ1) is 31.7. The molecule has 0 amide bonds. The van der Waals surface area contributed by atoms with Crippen LogP contribution in [0.5, 0.6) is 5.75 Å². The number of ether oxygens (including phenoxy) is 2. The molecule has 228 valence electrons. The van der Waals surface area contributed by atoms with E-state index in [0.29, 0.717) is 17.9 Å². The zero-order valence-electron chi connectivity index (χ0n) is 24.0. The summed E-state index contributed by atoms with van der Waals surface area (Å²) < 4.78 is 82.8. The van der Waals surface area contributed by atoms with Crippen LogP contribution in [0, 0.1) is 5.82 Å². The molecule has 3 N–H and O–H groups in total. The molecule has 4 rings (SSSR count). The molecule has 0 aliphatic carbocycles. The van der Waals surface area contributed by atoms with Gasteiger partial charge in [0.1, 0.15) is 28.1 Å². The van der Waals surface area contributed by atoms with Gasteiger partial charge in [0.25, 0.3) is 0 Å². The summed E-state index contributed by atoms with van der Waals surface area (Å²) in [6.07, 6.45) is -0.554. The molecule has 1 aliphatic heterocycles. The van der Waals surface area contributed by atoms with E-state index < -0.39 is 58.8 Å². The summed E-state index contributed by atoms with van der Waals surface area (Å²) in [6, 6.07) is 8.81. The summed E-state index contributed by atoms with van der Waals surface area (Å²) in [5, 5.41) is 3.74. The van der Waals surface area contributed by atoms with Crippen LogP contribution in [0.15, 0.2) is 45.8 Å². The molecular formula is C27H33FN4O8S2. The SMILES string of the molecule is COCC(C)(C)Oc1ccc(CC2C(=O)[C@H](N)NS(=O)(=O)c3cc(F)c(-c4noc(C(C)(C)S(C)(=O)=O)n4)cc32)cc1. The standard InChI is InChI=1S/C27H33FN4O8S2/c1-26(2,14-38-5)39-16-9-7-15(8-10-16)11-18-17-12-19(24-30-25(40-31-24)27(3,4)41(6,34)35)20(28)13-21(17)42(36,37)32-23(29)22(18)33/h7-10,12-13,18,23,32H,11,14,29H2,1-6H3/t18?,23-/m1/s1. The minimum Gasteiger partial charge on any atom is -0.485 e. The van der Waals surface area contributed by atoms with Crippen LogP contribution in [0.1, 0.15) is 50.6 Å². The number of sulfonamides is 1. The van der Waals surface area contributed by atoms with Gasteiger partial charge in [-0.3, -0.25) is 4.79 Å². The third-order valence-corrected chi connectivity index (χ3v) is 10.6. The number of hydrogen-bond donors (Lipinski definition) is 2. The zero-order chi connectivity index (χ0) is 31.3. The number of carbonyl (C=O) groups is 1. The van der Waals surface area contributed by atoms with Crippen LogP contribution in [0.2, 0.25) is 0 Å². The van der Waals surface area contributed by atoms with E-state index in [1.165, 1.54) is 13.8 Å². The van der Waals surface area contributed by atoms with Crippen molar-refractivity contribution < 1.29 is 40.0 Å². The molecular weight excluding hydrogens is 591 g/mol. The van der Waals surface area contributed by atoms with E-state index in [2.05, 4.69) is 14.9 Å². The number of aromatic nitrogens is 2. The smallest absolute Gasteiger partial charge is 0.247 e. The fourth-order valence-electron chi connectivity index (χ4n) is 4.48. The Morgan fingerprint density at radius 2 is 1.79 bits per heavy atom. The second-order valence-electron chi connectivity index (χ2n) is 11.3. The van der Waals surface area contributed by atoms with Gasteiger partial charge in [-0.25, -0.2) is 21.2 Å². The molecule has 0 fully saturated rings. The molecule has 15 heteroatoms. The first-order chi connectivity index (χ1) is 19.4. The average molecular weight is 625 g/mol. The number of sulfone groups is 1. The molecule has 0 bridgehead atoms. The highest BCUT2D eigenvalue weighted by atomic mass is 32.2. The fraction of sp³-hybridized carbons (Fsp3) is 0.444. The van der Waals surface area contributed by atoms with Gasteiger partial charge in [0, 0.05) is 13.4 Å².